The van der Waals surface area contributed by atoms with Gasteiger partial charge in [-0.1, -0.05) is 56.9 Å². The molecule has 2 N–H and O–H groups in total. The highest BCUT2D eigenvalue weighted by Gasteiger charge is 2.36. The fourth-order valence-electron chi connectivity index (χ4n) is 4.03. The maximum atomic E-state index is 12.2. The second kappa shape index (κ2) is 13.6. The van der Waals surface area contributed by atoms with E-state index in [2.05, 4.69) is 29.4 Å². The van der Waals surface area contributed by atoms with Crippen LogP contribution in [0.25, 0.3) is 21.0 Å². The van der Waals surface area contributed by atoms with E-state index < -0.39 is 23.2 Å². The van der Waals surface area contributed by atoms with Crippen LogP contribution in [0.3, 0.4) is 0 Å². The molecule has 0 aliphatic rings. The Morgan fingerprint density at radius 3 is 2.18 bits per heavy atom. The second-order valence-corrected chi connectivity index (χ2v) is 12.0. The highest BCUT2D eigenvalue weighted by atomic mass is 32.1. The number of aliphatic carboxylic acids is 1. The van der Waals surface area contributed by atoms with Crippen LogP contribution in [-0.2, 0) is 16.0 Å². The molecular weight excluding hydrogens is 512 g/mol. The Balaban J connectivity index is 1.60. The first-order chi connectivity index (χ1) is 18.5. The number of nitrogens with zero attached hydrogens (tertiary/aromatic N) is 1. The van der Waals surface area contributed by atoms with Crippen molar-refractivity contribution in [2.75, 3.05) is 6.61 Å². The number of hydrogen-bond acceptors (Lipinski definition) is 6. The van der Waals surface area contributed by atoms with Gasteiger partial charge in [0.1, 0.15) is 21.9 Å². The van der Waals surface area contributed by atoms with Gasteiger partial charge in [0.2, 0.25) is 0 Å². The van der Waals surface area contributed by atoms with Gasteiger partial charge in [-0.3, -0.25) is 0 Å². The number of unbranched alkanes of at least 4 members (excludes halogenated alkanes) is 4. The van der Waals surface area contributed by atoms with E-state index in [-0.39, 0.29) is 6.42 Å². The molecule has 7 nitrogen and oxygen atoms in total. The summed E-state index contributed by atoms with van der Waals surface area (Å²) >= 11 is 1.59. The van der Waals surface area contributed by atoms with Crippen LogP contribution in [-0.4, -0.2) is 39.9 Å². The number of carbonyl (C=O) groups excluding carboxylic acids is 1. The number of hydrogen-bond donors (Lipinski definition) is 2. The standard InChI is InChI=1S/C31H40N2O5S/c1-6-7-8-9-10-19-37-25-17-15-23(16-18-25)26-21-32-27(39-26)24-13-11-22(12-14-24)20-31(5,28(34)35)33-29(36)38-30(2,3)4/h11-18,21H,6-10,19-20H2,1-5H3,(H,33,36)(H,34,35). The lowest BCUT2D eigenvalue weighted by Crippen LogP contribution is -2.54. The highest BCUT2D eigenvalue weighted by Crippen LogP contribution is 2.33. The molecule has 3 rings (SSSR count). The third-order valence-corrected chi connectivity index (χ3v) is 7.26. The highest BCUT2D eigenvalue weighted by molar-refractivity contribution is 7.18. The first-order valence-electron chi connectivity index (χ1n) is 13.5. The number of ether oxygens (including phenoxy) is 2. The van der Waals surface area contributed by atoms with E-state index in [4.69, 9.17) is 9.47 Å². The summed E-state index contributed by atoms with van der Waals surface area (Å²) in [6, 6.07) is 15.7. The number of amides is 1. The quantitative estimate of drug-likeness (QED) is 0.211. The normalized spacial score (nSPS) is 12.9. The van der Waals surface area contributed by atoms with Crippen molar-refractivity contribution in [3.63, 3.8) is 0 Å². The molecular formula is C31H40N2O5S. The zero-order valence-corrected chi connectivity index (χ0v) is 24.4. The molecule has 0 saturated carbocycles. The smallest absolute Gasteiger partial charge is 0.408 e. The molecule has 0 aliphatic heterocycles. The summed E-state index contributed by atoms with van der Waals surface area (Å²) in [6.07, 6.45) is 7.29. The first-order valence-corrected chi connectivity index (χ1v) is 14.3. The topological polar surface area (TPSA) is 97.8 Å². The molecule has 0 spiro atoms. The summed E-state index contributed by atoms with van der Waals surface area (Å²) in [5.41, 5.74) is 0.563. The third-order valence-electron chi connectivity index (χ3n) is 6.17. The number of thiazole rings is 1. The van der Waals surface area contributed by atoms with Crippen LogP contribution in [0.4, 0.5) is 4.79 Å². The van der Waals surface area contributed by atoms with E-state index in [1.165, 1.54) is 32.6 Å². The zero-order valence-electron chi connectivity index (χ0n) is 23.6. The number of alkyl carbamates (subject to hydrolysis) is 1. The lowest BCUT2D eigenvalue weighted by molar-refractivity contribution is -0.144. The van der Waals surface area contributed by atoms with Gasteiger partial charge in [-0.2, -0.15) is 0 Å². The van der Waals surface area contributed by atoms with E-state index >= 15 is 0 Å². The molecule has 2 aromatic carbocycles. The second-order valence-electron chi connectivity index (χ2n) is 11.0. The molecule has 1 heterocycles. The van der Waals surface area contributed by atoms with Crippen LogP contribution < -0.4 is 10.1 Å². The average molecular weight is 553 g/mol. The maximum absolute atomic E-state index is 12.2. The van der Waals surface area contributed by atoms with Gasteiger partial charge >= 0.3 is 12.1 Å². The Morgan fingerprint density at radius 2 is 1.56 bits per heavy atom. The van der Waals surface area contributed by atoms with Gasteiger partial charge in [0.15, 0.2) is 0 Å². The lowest BCUT2D eigenvalue weighted by Gasteiger charge is -2.28. The largest absolute Gasteiger partial charge is 0.494 e. The summed E-state index contributed by atoms with van der Waals surface area (Å²) < 4.78 is 11.1. The van der Waals surface area contributed by atoms with Gasteiger partial charge in [0, 0.05) is 18.2 Å². The molecule has 0 bridgehead atoms. The van der Waals surface area contributed by atoms with Crippen LogP contribution in [0.1, 0.15) is 72.3 Å². The predicted molar refractivity (Wildman–Crippen MR) is 156 cm³/mol. The molecule has 8 heteroatoms. The maximum Gasteiger partial charge on any atom is 0.408 e. The Kier molecular flexibility index (Phi) is 10.5. The minimum Gasteiger partial charge on any atom is -0.494 e. The minimum absolute atomic E-state index is 0.109. The molecule has 0 saturated heterocycles. The van der Waals surface area contributed by atoms with Gasteiger partial charge in [-0.05, 0) is 69.5 Å². The van der Waals surface area contributed by atoms with E-state index in [0.29, 0.717) is 0 Å². The Hall–Kier alpha value is -3.39. The van der Waals surface area contributed by atoms with E-state index in [0.717, 1.165) is 45.4 Å². The van der Waals surface area contributed by atoms with Crippen LogP contribution >= 0.6 is 11.3 Å². The Bertz CT molecular complexity index is 1220. The molecule has 3 aromatic rings. The van der Waals surface area contributed by atoms with Crippen molar-refractivity contribution < 1.29 is 24.2 Å². The van der Waals surface area contributed by atoms with Crippen molar-refractivity contribution in [3.8, 4) is 26.8 Å². The zero-order chi connectivity index (χ0) is 28.5. The fraction of sp³-hybridized carbons (Fsp3) is 0.452. The number of nitrogens with one attached hydrogen (secondary N) is 1. The summed E-state index contributed by atoms with van der Waals surface area (Å²) in [4.78, 5) is 29.9. The van der Waals surface area contributed by atoms with E-state index in [1.807, 2.05) is 42.6 Å². The Morgan fingerprint density at radius 1 is 0.923 bits per heavy atom. The van der Waals surface area contributed by atoms with Crippen LogP contribution in [0, 0.1) is 0 Å². The Labute approximate surface area is 235 Å². The number of rotatable bonds is 13. The average Bonchev–Trinajstić information content (AvgIpc) is 3.36. The molecule has 0 radical (unpaired) electrons. The summed E-state index contributed by atoms with van der Waals surface area (Å²) in [5, 5.41) is 13.2. The number of carboxylic acids is 1. The molecule has 210 valence electrons. The number of carbonyl (C=O) groups is 2. The predicted octanol–water partition coefficient (Wildman–Crippen LogP) is 7.74. The van der Waals surface area contributed by atoms with Gasteiger partial charge in [-0.25, -0.2) is 14.6 Å². The molecule has 1 atom stereocenters. The molecule has 1 amide bonds. The monoisotopic (exact) mass is 552 g/mol. The molecule has 0 fully saturated rings. The van der Waals surface area contributed by atoms with Crippen molar-refractivity contribution in [3.05, 3.63) is 60.3 Å². The number of benzene rings is 2. The minimum atomic E-state index is -1.51. The van der Waals surface area contributed by atoms with Gasteiger partial charge in [-0.15, -0.1) is 11.3 Å². The van der Waals surface area contributed by atoms with Crippen LogP contribution in [0.15, 0.2) is 54.7 Å². The fourth-order valence-corrected chi connectivity index (χ4v) is 4.95. The first kappa shape index (κ1) is 30.2. The molecule has 1 aromatic heterocycles. The molecule has 1 unspecified atom stereocenters. The number of aromatic nitrogens is 1. The summed E-state index contributed by atoms with van der Waals surface area (Å²) in [5.74, 6) is -0.255. The molecule has 0 aliphatic carbocycles. The van der Waals surface area contributed by atoms with E-state index in [1.54, 1.807) is 32.1 Å². The van der Waals surface area contributed by atoms with Crippen molar-refractivity contribution in [2.45, 2.75) is 84.3 Å². The van der Waals surface area contributed by atoms with Crippen molar-refractivity contribution in [2.24, 2.45) is 0 Å². The summed E-state index contributed by atoms with van der Waals surface area (Å²) in [7, 11) is 0. The number of carboxylic acid groups (broad SMARTS) is 1. The summed E-state index contributed by atoms with van der Waals surface area (Å²) in [6.45, 7) is 9.63. The lowest BCUT2D eigenvalue weighted by atomic mass is 9.92. The van der Waals surface area contributed by atoms with Crippen LogP contribution in [0.2, 0.25) is 0 Å². The van der Waals surface area contributed by atoms with Crippen molar-refractivity contribution in [1.29, 1.82) is 0 Å². The van der Waals surface area contributed by atoms with Gasteiger partial charge in [0.25, 0.3) is 0 Å². The van der Waals surface area contributed by atoms with Gasteiger partial charge < -0.3 is 19.9 Å². The van der Waals surface area contributed by atoms with Crippen LogP contribution in [0.5, 0.6) is 5.75 Å². The third kappa shape index (κ3) is 9.39. The van der Waals surface area contributed by atoms with Crippen molar-refractivity contribution in [1.82, 2.24) is 10.3 Å². The van der Waals surface area contributed by atoms with Gasteiger partial charge in [0.05, 0.1) is 11.5 Å². The van der Waals surface area contributed by atoms with Crippen molar-refractivity contribution >= 4 is 23.4 Å². The van der Waals surface area contributed by atoms with E-state index in [9.17, 15) is 14.7 Å². The SMILES string of the molecule is CCCCCCCOc1ccc(-c2cnc(-c3ccc(CC(C)(NC(=O)OC(C)(C)C)C(=O)O)cc3)s2)cc1. The molecule has 39 heavy (non-hydrogen) atoms.